The van der Waals surface area contributed by atoms with Gasteiger partial charge in [0.05, 0.1) is 7.11 Å². The normalized spacial score (nSPS) is 18.2. The molecule has 0 atom stereocenters. The standard InChI is InChI=1S/C31H39N3O3/c1-37-30-4-2-3-27(19-30)31(36)32-29-11-15-34(16-12-29)21-25-6-8-26-7-5-24(17-28(26)18-25)20-33-13-9-23(22-35)10-14-33/h2-8,17-19,23,29,35H,9-16,20-22H2,1H3,(H,32,36). The average Bonchev–Trinajstić information content (AvgIpc) is 2.94. The number of piperidine rings is 2. The molecule has 2 aliphatic heterocycles. The number of benzene rings is 3. The molecule has 0 spiro atoms. The number of hydrogen-bond acceptors (Lipinski definition) is 5. The maximum Gasteiger partial charge on any atom is 0.251 e. The quantitative estimate of drug-likeness (QED) is 0.478. The van der Waals surface area contributed by atoms with Gasteiger partial charge >= 0.3 is 0 Å². The highest BCUT2D eigenvalue weighted by Gasteiger charge is 2.22. The van der Waals surface area contributed by atoms with Crippen LogP contribution in [0.4, 0.5) is 0 Å². The average molecular weight is 502 g/mol. The third-order valence-electron chi connectivity index (χ3n) is 8.00. The molecule has 2 aliphatic rings. The molecule has 0 aromatic heterocycles. The van der Waals surface area contributed by atoms with E-state index < -0.39 is 0 Å². The van der Waals surface area contributed by atoms with E-state index in [4.69, 9.17) is 4.74 Å². The van der Waals surface area contributed by atoms with Crippen molar-refractivity contribution in [2.24, 2.45) is 5.92 Å². The van der Waals surface area contributed by atoms with Crippen LogP contribution in [0.25, 0.3) is 10.8 Å². The Kier molecular flexibility index (Phi) is 8.39. The summed E-state index contributed by atoms with van der Waals surface area (Å²) in [5, 5.41) is 15.2. The van der Waals surface area contributed by atoms with Gasteiger partial charge < -0.3 is 15.2 Å². The molecule has 37 heavy (non-hydrogen) atoms. The molecule has 196 valence electrons. The van der Waals surface area contributed by atoms with Crippen LogP contribution < -0.4 is 10.1 Å². The second-order valence-electron chi connectivity index (χ2n) is 10.7. The number of nitrogens with zero attached hydrogens (tertiary/aromatic N) is 2. The molecule has 2 heterocycles. The summed E-state index contributed by atoms with van der Waals surface area (Å²) < 4.78 is 5.24. The molecule has 1 amide bonds. The zero-order chi connectivity index (χ0) is 25.6. The Morgan fingerprint density at radius 3 is 2.08 bits per heavy atom. The van der Waals surface area contributed by atoms with E-state index in [9.17, 15) is 9.90 Å². The number of carbonyl (C=O) groups excluding carboxylic acids is 1. The number of aliphatic hydroxyl groups is 1. The van der Waals surface area contributed by atoms with Gasteiger partial charge in [-0.05, 0) is 96.9 Å². The molecule has 0 saturated carbocycles. The van der Waals surface area contributed by atoms with Gasteiger partial charge in [0.25, 0.3) is 5.91 Å². The lowest BCUT2D eigenvalue weighted by molar-refractivity contribution is 0.0908. The Morgan fingerprint density at radius 2 is 1.49 bits per heavy atom. The summed E-state index contributed by atoms with van der Waals surface area (Å²) in [4.78, 5) is 17.7. The number of rotatable bonds is 8. The van der Waals surface area contributed by atoms with Crippen molar-refractivity contribution >= 4 is 16.7 Å². The maximum absolute atomic E-state index is 12.7. The third-order valence-corrected chi connectivity index (χ3v) is 8.00. The van der Waals surface area contributed by atoms with E-state index in [1.165, 1.54) is 21.9 Å². The largest absolute Gasteiger partial charge is 0.497 e. The molecule has 0 radical (unpaired) electrons. The predicted molar refractivity (Wildman–Crippen MR) is 148 cm³/mol. The van der Waals surface area contributed by atoms with Crippen molar-refractivity contribution in [2.45, 2.75) is 44.8 Å². The molecule has 5 rings (SSSR count). The van der Waals surface area contributed by atoms with Crippen LogP contribution in [0.15, 0.2) is 60.7 Å². The van der Waals surface area contributed by atoms with Crippen LogP contribution in [0.1, 0.15) is 47.2 Å². The number of likely N-dealkylation sites (tertiary alicyclic amines) is 2. The molecule has 3 aromatic carbocycles. The molecule has 0 bridgehead atoms. The van der Waals surface area contributed by atoms with Gasteiger partial charge in [-0.15, -0.1) is 0 Å². The van der Waals surface area contributed by atoms with Crippen LogP contribution in [0.5, 0.6) is 5.75 Å². The summed E-state index contributed by atoms with van der Waals surface area (Å²) in [5.41, 5.74) is 3.35. The third kappa shape index (κ3) is 6.69. The van der Waals surface area contributed by atoms with Crippen LogP contribution in [-0.2, 0) is 13.1 Å². The van der Waals surface area contributed by atoms with Crippen LogP contribution in [0.3, 0.4) is 0 Å². The Morgan fingerprint density at radius 1 is 0.865 bits per heavy atom. The Balaban J connectivity index is 1.13. The van der Waals surface area contributed by atoms with E-state index in [0.717, 1.165) is 65.0 Å². The fraction of sp³-hybridized carbons (Fsp3) is 0.452. The minimum absolute atomic E-state index is 0.0274. The number of methoxy groups -OCH3 is 1. The fourth-order valence-corrected chi connectivity index (χ4v) is 5.65. The summed E-state index contributed by atoms with van der Waals surface area (Å²) in [5.74, 6) is 1.15. The van der Waals surface area contributed by atoms with Gasteiger partial charge in [-0.2, -0.15) is 0 Å². The first-order valence-corrected chi connectivity index (χ1v) is 13.6. The van der Waals surface area contributed by atoms with Crippen LogP contribution >= 0.6 is 0 Å². The van der Waals surface area contributed by atoms with Crippen molar-refractivity contribution in [1.29, 1.82) is 0 Å². The minimum atomic E-state index is -0.0274. The lowest BCUT2D eigenvalue weighted by Crippen LogP contribution is -2.44. The zero-order valence-corrected chi connectivity index (χ0v) is 21.9. The van der Waals surface area contributed by atoms with Gasteiger partial charge in [-0.1, -0.05) is 30.3 Å². The highest BCUT2D eigenvalue weighted by Crippen LogP contribution is 2.23. The van der Waals surface area contributed by atoms with Crippen molar-refractivity contribution in [3.05, 3.63) is 77.4 Å². The summed E-state index contributed by atoms with van der Waals surface area (Å²) >= 11 is 0. The molecule has 0 unspecified atom stereocenters. The van der Waals surface area contributed by atoms with Gasteiger partial charge in [0.2, 0.25) is 0 Å². The molecule has 6 heteroatoms. The molecular formula is C31H39N3O3. The summed E-state index contributed by atoms with van der Waals surface area (Å²) in [6.45, 7) is 6.33. The summed E-state index contributed by atoms with van der Waals surface area (Å²) in [6.07, 6.45) is 4.10. The van der Waals surface area contributed by atoms with Crippen molar-refractivity contribution in [1.82, 2.24) is 15.1 Å². The monoisotopic (exact) mass is 501 g/mol. The van der Waals surface area contributed by atoms with E-state index in [-0.39, 0.29) is 11.9 Å². The highest BCUT2D eigenvalue weighted by molar-refractivity contribution is 5.94. The highest BCUT2D eigenvalue weighted by atomic mass is 16.5. The maximum atomic E-state index is 12.7. The molecule has 3 aromatic rings. The van der Waals surface area contributed by atoms with Gasteiger partial charge in [-0.3, -0.25) is 14.6 Å². The van der Waals surface area contributed by atoms with E-state index >= 15 is 0 Å². The minimum Gasteiger partial charge on any atom is -0.497 e. The summed E-state index contributed by atoms with van der Waals surface area (Å²) in [6, 6.07) is 21.2. The van der Waals surface area contributed by atoms with Gasteiger partial charge in [-0.25, -0.2) is 0 Å². The van der Waals surface area contributed by atoms with E-state index in [2.05, 4.69) is 51.5 Å². The van der Waals surface area contributed by atoms with Gasteiger partial charge in [0.1, 0.15) is 5.75 Å². The number of ether oxygens (including phenoxy) is 1. The van der Waals surface area contributed by atoms with Crippen molar-refractivity contribution < 1.29 is 14.6 Å². The van der Waals surface area contributed by atoms with Crippen molar-refractivity contribution in [3.63, 3.8) is 0 Å². The van der Waals surface area contributed by atoms with Crippen LogP contribution in [-0.4, -0.2) is 66.8 Å². The molecule has 2 saturated heterocycles. The van der Waals surface area contributed by atoms with E-state index in [1.807, 2.05) is 18.2 Å². The van der Waals surface area contributed by atoms with Gasteiger partial charge in [0, 0.05) is 44.4 Å². The van der Waals surface area contributed by atoms with Crippen molar-refractivity contribution in [3.8, 4) is 5.75 Å². The molecule has 0 aliphatic carbocycles. The number of nitrogens with one attached hydrogen (secondary N) is 1. The van der Waals surface area contributed by atoms with E-state index in [1.54, 1.807) is 13.2 Å². The topological polar surface area (TPSA) is 65.0 Å². The molecule has 2 N–H and O–H groups in total. The predicted octanol–water partition coefficient (Wildman–Crippen LogP) is 4.45. The smallest absolute Gasteiger partial charge is 0.251 e. The first-order valence-electron chi connectivity index (χ1n) is 13.6. The second-order valence-corrected chi connectivity index (χ2v) is 10.7. The first-order chi connectivity index (χ1) is 18.1. The molecular weight excluding hydrogens is 462 g/mol. The number of carbonyl (C=O) groups is 1. The number of aliphatic hydroxyl groups excluding tert-OH is 1. The van der Waals surface area contributed by atoms with E-state index in [0.29, 0.717) is 23.8 Å². The van der Waals surface area contributed by atoms with Gasteiger partial charge in [0.15, 0.2) is 0 Å². The number of fused-ring (bicyclic) bond motifs is 1. The lowest BCUT2D eigenvalue weighted by Gasteiger charge is -2.32. The SMILES string of the molecule is COc1cccc(C(=O)NC2CCN(Cc3ccc4ccc(CN5CCC(CO)CC5)cc4c3)CC2)c1. The number of amides is 1. The Hall–Kier alpha value is -2.93. The lowest BCUT2D eigenvalue weighted by atomic mass is 9.97. The van der Waals surface area contributed by atoms with Crippen molar-refractivity contribution in [2.75, 3.05) is 39.9 Å². The fourth-order valence-electron chi connectivity index (χ4n) is 5.65. The Labute approximate surface area is 220 Å². The summed E-state index contributed by atoms with van der Waals surface area (Å²) in [7, 11) is 1.62. The molecule has 2 fully saturated rings. The number of hydrogen-bond donors (Lipinski definition) is 2. The van der Waals surface area contributed by atoms with Crippen LogP contribution in [0, 0.1) is 5.92 Å². The zero-order valence-electron chi connectivity index (χ0n) is 21.9. The van der Waals surface area contributed by atoms with Crippen LogP contribution in [0.2, 0.25) is 0 Å². The molecule has 6 nitrogen and oxygen atoms in total. The Bertz CT molecular complexity index is 1200. The first kappa shape index (κ1) is 25.7. The second kappa shape index (κ2) is 12.1.